The lowest BCUT2D eigenvalue weighted by Crippen LogP contribution is -2.54. The van der Waals surface area contributed by atoms with Gasteiger partial charge in [0.2, 0.25) is 11.8 Å². The van der Waals surface area contributed by atoms with Crippen molar-refractivity contribution in [1.29, 1.82) is 0 Å². The largest absolute Gasteiger partial charge is 0.508 e. The molecule has 2 aromatic heterocycles. The van der Waals surface area contributed by atoms with Gasteiger partial charge in [-0.1, -0.05) is 30.2 Å². The summed E-state index contributed by atoms with van der Waals surface area (Å²) in [5.41, 5.74) is 1.21. The number of phenolic OH excluding ortho intramolecular Hbond substituents is 1. The van der Waals surface area contributed by atoms with Gasteiger partial charge in [-0.3, -0.25) is 39.3 Å². The summed E-state index contributed by atoms with van der Waals surface area (Å²) in [4.78, 5) is 83.2. The van der Waals surface area contributed by atoms with Crippen LogP contribution in [0.5, 0.6) is 11.8 Å². The number of aromatic nitrogens is 3. The summed E-state index contributed by atoms with van der Waals surface area (Å²) in [7, 11) is 0. The van der Waals surface area contributed by atoms with E-state index in [0.717, 1.165) is 36.2 Å². The van der Waals surface area contributed by atoms with Gasteiger partial charge in [0.05, 0.1) is 27.6 Å². The van der Waals surface area contributed by atoms with Gasteiger partial charge in [-0.25, -0.2) is 13.6 Å². The number of carbonyl (C=O) groups is 5. The monoisotopic (exact) mass is 1010 g/mol. The molecule has 18 nitrogen and oxygen atoms in total. The van der Waals surface area contributed by atoms with E-state index in [-0.39, 0.29) is 94.8 Å². The van der Waals surface area contributed by atoms with Crippen LogP contribution >= 0.6 is 0 Å². The first-order chi connectivity index (χ1) is 35.8. The number of alkyl carbamates (subject to hydrolysis) is 1. The number of hydrogen-bond donors (Lipinski definition) is 5. The topological polar surface area (TPSA) is 221 Å². The number of phenols is 1. The number of nitrogens with one attached hydrogen (secondary N) is 4. The molecule has 20 heteroatoms. The number of anilines is 2. The number of pyridine rings is 1. The molecule has 5 N–H and O–H groups in total. The summed E-state index contributed by atoms with van der Waals surface area (Å²) in [5, 5.41) is 23.7. The minimum Gasteiger partial charge on any atom is -0.508 e. The smallest absolute Gasteiger partial charge is 0.407 e. The number of piperidine rings is 1. The zero-order valence-electron chi connectivity index (χ0n) is 40.5. The number of amides is 5. The molecule has 5 aromatic rings. The first kappa shape index (κ1) is 48.5. The van der Waals surface area contributed by atoms with Crippen LogP contribution in [-0.2, 0) is 14.3 Å². The second-order valence-electron chi connectivity index (χ2n) is 20.2. The van der Waals surface area contributed by atoms with Crippen molar-refractivity contribution < 1.29 is 47.3 Å². The van der Waals surface area contributed by atoms with Crippen LogP contribution in [0.15, 0.2) is 60.8 Å². The van der Waals surface area contributed by atoms with Crippen molar-refractivity contribution in [3.05, 3.63) is 89.1 Å². The Morgan fingerprint density at radius 2 is 1.80 bits per heavy atom. The SMILES string of the molecule is C#Cc1c(F)ccc2cc(O)cc(-c3ncc4c(N5C[C@H]6CC[C@@H](C5)N6)nc(OC[C@@]56CC[C@@H](COC(=O)NCCCCCNc7cccc8c7C(=O)N(C7CCC(=O)NC7=O)C8=O)N5CC(=C)C6)nc4c3F)c12. The Kier molecular flexibility index (Phi) is 12.8. The molecule has 5 saturated heterocycles. The Balaban J connectivity index is 0.715. The number of imide groups is 2. The predicted molar refractivity (Wildman–Crippen MR) is 268 cm³/mol. The molecule has 5 amide bonds. The van der Waals surface area contributed by atoms with Gasteiger partial charge in [0.25, 0.3) is 11.8 Å². The number of piperazine rings is 1. The van der Waals surface area contributed by atoms with E-state index in [9.17, 15) is 29.1 Å². The molecule has 0 aliphatic carbocycles. The summed E-state index contributed by atoms with van der Waals surface area (Å²) in [6, 6.07) is 9.64. The third-order valence-electron chi connectivity index (χ3n) is 15.4. The van der Waals surface area contributed by atoms with Crippen LogP contribution in [0.3, 0.4) is 0 Å². The average molecular weight is 1010 g/mol. The lowest BCUT2D eigenvalue weighted by Gasteiger charge is -2.35. The van der Waals surface area contributed by atoms with Crippen LogP contribution in [0.1, 0.15) is 90.5 Å². The number of unbranched alkanes of at least 4 members (excludes halogenated alkanes) is 2. The number of fused-ring (bicyclic) bond motifs is 6. The highest BCUT2D eigenvalue weighted by Crippen LogP contribution is 2.45. The van der Waals surface area contributed by atoms with Crippen molar-refractivity contribution in [2.24, 2.45) is 0 Å². The van der Waals surface area contributed by atoms with E-state index in [4.69, 9.17) is 20.9 Å². The van der Waals surface area contributed by atoms with E-state index < -0.39 is 52.9 Å². The fourth-order valence-corrected chi connectivity index (χ4v) is 11.9. The van der Waals surface area contributed by atoms with Crippen molar-refractivity contribution in [3.8, 4) is 35.4 Å². The Hall–Kier alpha value is -7.76. The number of carbonyl (C=O) groups excluding carboxylic acids is 5. The van der Waals surface area contributed by atoms with Crippen LogP contribution in [-0.4, -0.2) is 135 Å². The molecule has 0 radical (unpaired) electrons. The van der Waals surface area contributed by atoms with Crippen molar-refractivity contribution in [2.45, 2.75) is 93.9 Å². The maximum atomic E-state index is 17.2. The van der Waals surface area contributed by atoms with E-state index in [1.165, 1.54) is 30.5 Å². The predicted octanol–water partition coefficient (Wildman–Crippen LogP) is 5.70. The summed E-state index contributed by atoms with van der Waals surface area (Å²) >= 11 is 0. The number of benzene rings is 3. The normalized spacial score (nSPS) is 23.3. The maximum absolute atomic E-state index is 17.2. The Bertz CT molecular complexity index is 3230. The molecule has 382 valence electrons. The number of hydrogen-bond acceptors (Lipinski definition) is 15. The summed E-state index contributed by atoms with van der Waals surface area (Å²) in [6.45, 7) is 7.34. The van der Waals surface area contributed by atoms with E-state index in [1.807, 2.05) is 0 Å². The van der Waals surface area contributed by atoms with Gasteiger partial charge in [0.1, 0.15) is 47.9 Å². The van der Waals surface area contributed by atoms with Gasteiger partial charge in [0, 0.05) is 80.1 Å². The molecule has 74 heavy (non-hydrogen) atoms. The molecular weight excluding hydrogens is 955 g/mol. The van der Waals surface area contributed by atoms with Crippen molar-refractivity contribution in [1.82, 2.24) is 40.7 Å². The van der Waals surface area contributed by atoms with Gasteiger partial charge in [-0.15, -0.1) is 6.42 Å². The third-order valence-corrected chi connectivity index (χ3v) is 15.4. The molecule has 3 aromatic carbocycles. The van der Waals surface area contributed by atoms with Crippen molar-refractivity contribution in [3.63, 3.8) is 0 Å². The summed E-state index contributed by atoms with van der Waals surface area (Å²) in [5.74, 6) is -1.01. The lowest BCUT2D eigenvalue weighted by atomic mass is 9.94. The quantitative estimate of drug-likeness (QED) is 0.0368. The second-order valence-corrected chi connectivity index (χ2v) is 20.2. The number of rotatable bonds is 15. The van der Waals surface area contributed by atoms with Crippen LogP contribution in [0, 0.1) is 24.0 Å². The van der Waals surface area contributed by atoms with Crippen molar-refractivity contribution >= 4 is 62.9 Å². The lowest BCUT2D eigenvalue weighted by molar-refractivity contribution is -0.136. The fraction of sp³-hybridized carbons (Fsp3) is 0.407. The number of terminal acetylenes is 1. The molecule has 2 bridgehead atoms. The summed E-state index contributed by atoms with van der Waals surface area (Å²) in [6.07, 6.45) is 13.0. The molecule has 6 aliphatic heterocycles. The molecule has 11 rings (SSSR count). The zero-order chi connectivity index (χ0) is 51.4. The number of halogens is 2. The van der Waals surface area contributed by atoms with Gasteiger partial charge < -0.3 is 35.4 Å². The maximum Gasteiger partial charge on any atom is 0.407 e. The molecule has 8 heterocycles. The fourth-order valence-electron chi connectivity index (χ4n) is 11.9. The van der Waals surface area contributed by atoms with E-state index in [0.29, 0.717) is 80.7 Å². The molecular formula is C54H54F2N10O8. The second kappa shape index (κ2) is 19.6. The molecule has 6 aliphatic rings. The standard InChI is InChI=1S/C54H54F2N10O8/c1-3-35-39(55)13-10-30-20-34(67)21-37(43(30)35)46-45(56)47-38(23-59-46)48(64-25-31-11-12-32(26-64)60-31)63-52(62-47)74-28-54-17-16-33(65(54)24-29(2)22-54)27-73-53(72)58-19-6-4-5-18-57-40-9-7-8-36-44(40)51(71)66(50(36)70)41-14-15-42(68)61-49(41)69/h1,7-10,13,20-21,23,31-33,41,57,60,67H,2,4-6,11-12,14-19,22,24-28H2,(H,58,72)(H,61,68,69)/t31-,32+,33-,41?,54-/m0/s1. The summed E-state index contributed by atoms with van der Waals surface area (Å²) < 4.78 is 44.6. The van der Waals surface area contributed by atoms with Gasteiger partial charge >= 0.3 is 12.1 Å². The van der Waals surface area contributed by atoms with Gasteiger partial charge in [0.15, 0.2) is 5.82 Å². The number of nitrogens with zero attached hydrogens (tertiary/aromatic N) is 6. The van der Waals surface area contributed by atoms with Crippen LogP contribution in [0.4, 0.5) is 25.1 Å². The Morgan fingerprint density at radius 1 is 0.986 bits per heavy atom. The van der Waals surface area contributed by atoms with Crippen LogP contribution in [0.2, 0.25) is 0 Å². The highest BCUT2D eigenvalue weighted by Gasteiger charge is 2.52. The van der Waals surface area contributed by atoms with E-state index in [1.54, 1.807) is 18.2 Å². The van der Waals surface area contributed by atoms with Gasteiger partial charge in [-0.2, -0.15) is 9.97 Å². The highest BCUT2D eigenvalue weighted by atomic mass is 19.1. The Morgan fingerprint density at radius 3 is 2.59 bits per heavy atom. The zero-order valence-corrected chi connectivity index (χ0v) is 40.5. The first-order valence-electron chi connectivity index (χ1n) is 25.1. The molecule has 1 unspecified atom stereocenters. The molecule has 0 spiro atoms. The van der Waals surface area contributed by atoms with E-state index >= 15 is 8.78 Å². The number of ether oxygens (including phenoxy) is 2. The van der Waals surface area contributed by atoms with Gasteiger partial charge in [-0.05, 0) is 93.5 Å². The van der Waals surface area contributed by atoms with Crippen molar-refractivity contribution in [2.75, 3.05) is 56.2 Å². The molecule has 0 saturated carbocycles. The highest BCUT2D eigenvalue weighted by molar-refractivity contribution is 6.25. The Labute approximate surface area is 424 Å². The third kappa shape index (κ3) is 8.86. The molecule has 5 atom stereocenters. The minimum absolute atomic E-state index is 0.0270. The number of aromatic hydroxyl groups is 1. The first-order valence-corrected chi connectivity index (χ1v) is 25.1. The van der Waals surface area contributed by atoms with E-state index in [2.05, 4.69) is 53.5 Å². The molecule has 5 fully saturated rings. The minimum atomic E-state index is -1.05. The average Bonchev–Trinajstić information content (AvgIpc) is 4.09. The van der Waals surface area contributed by atoms with Crippen LogP contribution in [0.25, 0.3) is 32.9 Å². The van der Waals surface area contributed by atoms with Crippen LogP contribution < -0.4 is 30.9 Å².